The van der Waals surface area contributed by atoms with Gasteiger partial charge < -0.3 is 4.74 Å². The van der Waals surface area contributed by atoms with Crippen molar-refractivity contribution in [3.05, 3.63) is 34.9 Å². The molecule has 14 heavy (non-hydrogen) atoms. The molecule has 1 aliphatic rings. The number of methoxy groups -OCH3 is 1. The largest absolute Gasteiger partial charge is 0.380 e. The van der Waals surface area contributed by atoms with E-state index in [1.807, 2.05) is 6.07 Å². The maximum absolute atomic E-state index is 13.1. The molecule has 0 amide bonds. The number of alkyl halides is 1. The minimum atomic E-state index is -1.36. The molecule has 1 atom stereocenters. The summed E-state index contributed by atoms with van der Waals surface area (Å²) in [7, 11) is 1.56. The van der Waals surface area contributed by atoms with Gasteiger partial charge in [-0.2, -0.15) is 0 Å². The molecule has 0 aromatic heterocycles. The predicted octanol–water partition coefficient (Wildman–Crippen LogP) is 1.91. The first-order valence-corrected chi connectivity index (χ1v) is 4.52. The Balaban J connectivity index is 2.47. The molecule has 0 fully saturated rings. The van der Waals surface area contributed by atoms with E-state index >= 15 is 0 Å². The van der Waals surface area contributed by atoms with Crippen LogP contribution >= 0.6 is 0 Å². The summed E-state index contributed by atoms with van der Waals surface area (Å²) < 4.78 is 18.1. The smallest absolute Gasteiger partial charge is 0.197 e. The van der Waals surface area contributed by atoms with Crippen molar-refractivity contribution in [3.8, 4) is 0 Å². The highest BCUT2D eigenvalue weighted by atomic mass is 19.1. The Bertz CT molecular complexity index is 374. The highest BCUT2D eigenvalue weighted by Gasteiger charge is 2.31. The predicted molar refractivity (Wildman–Crippen MR) is 50.1 cm³/mol. The van der Waals surface area contributed by atoms with E-state index in [1.165, 1.54) is 0 Å². The van der Waals surface area contributed by atoms with E-state index < -0.39 is 12.0 Å². The number of carbonyl (C=O) groups is 1. The number of carbonyl (C=O) groups excluding carboxylic acids is 1. The van der Waals surface area contributed by atoms with Crippen LogP contribution in [0, 0.1) is 0 Å². The van der Waals surface area contributed by atoms with Crippen molar-refractivity contribution < 1.29 is 13.9 Å². The van der Waals surface area contributed by atoms with Crippen molar-refractivity contribution in [1.82, 2.24) is 0 Å². The summed E-state index contributed by atoms with van der Waals surface area (Å²) in [4.78, 5) is 11.5. The Morgan fingerprint density at radius 2 is 2.36 bits per heavy atom. The van der Waals surface area contributed by atoms with Gasteiger partial charge in [-0.15, -0.1) is 0 Å². The van der Waals surface area contributed by atoms with E-state index in [1.54, 1.807) is 19.2 Å². The van der Waals surface area contributed by atoms with Crippen molar-refractivity contribution in [2.75, 3.05) is 7.11 Å². The number of hydrogen-bond donors (Lipinski definition) is 0. The molecule has 1 aromatic rings. The monoisotopic (exact) mass is 194 g/mol. The summed E-state index contributed by atoms with van der Waals surface area (Å²) in [6, 6.07) is 5.43. The highest BCUT2D eigenvalue weighted by molar-refractivity contribution is 6.05. The van der Waals surface area contributed by atoms with Crippen molar-refractivity contribution >= 4 is 5.78 Å². The number of halogens is 1. The van der Waals surface area contributed by atoms with Crippen molar-refractivity contribution in [2.45, 2.75) is 19.2 Å². The first kappa shape index (κ1) is 9.34. The minimum absolute atomic E-state index is 0.214. The molecule has 0 spiro atoms. The second-order valence-corrected chi connectivity index (χ2v) is 3.42. The van der Waals surface area contributed by atoms with Crippen LogP contribution in [0.3, 0.4) is 0 Å². The third-order valence-electron chi connectivity index (χ3n) is 2.47. The average Bonchev–Trinajstić information content (AvgIpc) is 2.45. The van der Waals surface area contributed by atoms with E-state index in [0.717, 1.165) is 11.1 Å². The molecule has 0 heterocycles. The summed E-state index contributed by atoms with van der Waals surface area (Å²) in [5.74, 6) is -0.396. The van der Waals surface area contributed by atoms with Crippen LogP contribution in [-0.4, -0.2) is 19.1 Å². The normalized spacial score (nSPS) is 19.9. The SMILES string of the molecule is COCc1cccc2c1C(=O)C(F)C2. The van der Waals surface area contributed by atoms with E-state index in [4.69, 9.17) is 4.74 Å². The Morgan fingerprint density at radius 1 is 1.57 bits per heavy atom. The van der Waals surface area contributed by atoms with Gasteiger partial charge in [-0.05, 0) is 11.1 Å². The zero-order valence-electron chi connectivity index (χ0n) is 7.92. The Kier molecular flexibility index (Phi) is 2.33. The first-order valence-electron chi connectivity index (χ1n) is 4.52. The molecule has 0 saturated heterocycles. The van der Waals surface area contributed by atoms with Gasteiger partial charge in [0.05, 0.1) is 6.61 Å². The van der Waals surface area contributed by atoms with Gasteiger partial charge in [0.1, 0.15) is 0 Å². The zero-order chi connectivity index (χ0) is 10.1. The quantitative estimate of drug-likeness (QED) is 0.718. The molecule has 0 N–H and O–H groups in total. The Morgan fingerprint density at radius 3 is 3.07 bits per heavy atom. The lowest BCUT2D eigenvalue weighted by Gasteiger charge is -2.05. The fraction of sp³-hybridized carbons (Fsp3) is 0.364. The average molecular weight is 194 g/mol. The lowest BCUT2D eigenvalue weighted by atomic mass is 10.0. The third kappa shape index (κ3) is 1.34. The second-order valence-electron chi connectivity index (χ2n) is 3.42. The van der Waals surface area contributed by atoms with Gasteiger partial charge in [0.25, 0.3) is 0 Å². The van der Waals surface area contributed by atoms with Crippen molar-refractivity contribution in [2.24, 2.45) is 0 Å². The number of fused-ring (bicyclic) bond motifs is 1. The molecule has 0 aliphatic heterocycles. The summed E-state index contributed by atoms with van der Waals surface area (Å²) >= 11 is 0. The number of hydrogen-bond acceptors (Lipinski definition) is 2. The van der Waals surface area contributed by atoms with Gasteiger partial charge in [-0.25, -0.2) is 4.39 Å². The molecule has 74 valence electrons. The van der Waals surface area contributed by atoms with Crippen LogP contribution in [-0.2, 0) is 17.8 Å². The summed E-state index contributed by atoms with van der Waals surface area (Å²) in [6.45, 7) is 0.363. The fourth-order valence-corrected chi connectivity index (χ4v) is 1.86. The van der Waals surface area contributed by atoms with Crippen LogP contribution in [0.1, 0.15) is 21.5 Å². The van der Waals surface area contributed by atoms with Crippen LogP contribution < -0.4 is 0 Å². The lowest BCUT2D eigenvalue weighted by molar-refractivity contribution is 0.0895. The van der Waals surface area contributed by atoms with Gasteiger partial charge in [-0.3, -0.25) is 4.79 Å². The first-order chi connectivity index (χ1) is 6.74. The maximum Gasteiger partial charge on any atom is 0.197 e. The van der Waals surface area contributed by atoms with Crippen molar-refractivity contribution in [1.29, 1.82) is 0 Å². The van der Waals surface area contributed by atoms with Crippen LogP contribution in [0.25, 0.3) is 0 Å². The van der Waals surface area contributed by atoms with Crippen LogP contribution in [0.15, 0.2) is 18.2 Å². The maximum atomic E-state index is 13.1. The molecule has 2 nitrogen and oxygen atoms in total. The minimum Gasteiger partial charge on any atom is -0.380 e. The van der Waals surface area contributed by atoms with Gasteiger partial charge in [0, 0.05) is 19.1 Å². The van der Waals surface area contributed by atoms with Gasteiger partial charge in [0.15, 0.2) is 12.0 Å². The van der Waals surface area contributed by atoms with Gasteiger partial charge >= 0.3 is 0 Å². The Hall–Kier alpha value is -1.22. The van der Waals surface area contributed by atoms with E-state index in [2.05, 4.69) is 0 Å². The number of Topliss-reactive ketones (excluding diaryl/α,β-unsaturated/α-hetero) is 1. The molecule has 2 rings (SSSR count). The van der Waals surface area contributed by atoms with E-state index in [-0.39, 0.29) is 6.42 Å². The molecule has 0 saturated carbocycles. The van der Waals surface area contributed by atoms with Crippen LogP contribution in [0.4, 0.5) is 4.39 Å². The number of rotatable bonds is 2. The molecule has 0 radical (unpaired) electrons. The summed E-state index contributed by atoms with van der Waals surface area (Å²) in [5.41, 5.74) is 2.12. The number of ether oxygens (including phenoxy) is 1. The fourth-order valence-electron chi connectivity index (χ4n) is 1.86. The van der Waals surface area contributed by atoms with Crippen molar-refractivity contribution in [3.63, 3.8) is 0 Å². The molecule has 0 bridgehead atoms. The molecule has 1 unspecified atom stereocenters. The molecule has 1 aliphatic carbocycles. The number of ketones is 1. The summed E-state index contributed by atoms with van der Waals surface area (Å²) in [5, 5.41) is 0. The number of benzene rings is 1. The lowest BCUT2D eigenvalue weighted by Crippen LogP contribution is -2.10. The zero-order valence-corrected chi connectivity index (χ0v) is 7.92. The molecular formula is C11H11FO2. The molecule has 1 aromatic carbocycles. The topological polar surface area (TPSA) is 26.3 Å². The third-order valence-corrected chi connectivity index (χ3v) is 2.47. The second kappa shape index (κ2) is 3.50. The molecular weight excluding hydrogens is 183 g/mol. The standard InChI is InChI=1S/C11H11FO2/c1-14-6-8-4-2-3-7-5-9(12)11(13)10(7)8/h2-4,9H,5-6H2,1H3. The van der Waals surface area contributed by atoms with E-state index in [0.29, 0.717) is 12.2 Å². The highest BCUT2D eigenvalue weighted by Crippen LogP contribution is 2.27. The summed E-state index contributed by atoms with van der Waals surface area (Å²) in [6.07, 6.45) is -1.14. The molecule has 3 heteroatoms. The van der Waals surface area contributed by atoms with Crippen LogP contribution in [0.2, 0.25) is 0 Å². The Labute approximate surface area is 81.7 Å². The van der Waals surface area contributed by atoms with E-state index in [9.17, 15) is 9.18 Å². The van der Waals surface area contributed by atoms with Gasteiger partial charge in [0.2, 0.25) is 0 Å². The van der Waals surface area contributed by atoms with Gasteiger partial charge in [-0.1, -0.05) is 18.2 Å². The van der Waals surface area contributed by atoms with Crippen LogP contribution in [0.5, 0.6) is 0 Å².